The lowest BCUT2D eigenvalue weighted by atomic mass is 10.2. The van der Waals surface area contributed by atoms with Crippen LogP contribution < -0.4 is 10.2 Å². The Morgan fingerprint density at radius 3 is 2.81 bits per heavy atom. The van der Waals surface area contributed by atoms with Crippen LogP contribution in [-0.4, -0.2) is 69.0 Å². The van der Waals surface area contributed by atoms with Gasteiger partial charge < -0.3 is 15.1 Å². The van der Waals surface area contributed by atoms with E-state index in [1.54, 1.807) is 30.2 Å². The molecule has 4 heterocycles. The maximum absolute atomic E-state index is 12.6. The first kappa shape index (κ1) is 17.3. The molecule has 3 aromatic heterocycles. The Hall–Kier alpha value is -3.07. The minimum atomic E-state index is -0.191. The van der Waals surface area contributed by atoms with E-state index in [2.05, 4.69) is 42.4 Å². The van der Waals surface area contributed by atoms with Gasteiger partial charge in [-0.1, -0.05) is 11.3 Å². The fraction of sp³-hybridized carbons (Fsp3) is 0.389. The van der Waals surface area contributed by atoms with Gasteiger partial charge in [0.1, 0.15) is 11.3 Å². The van der Waals surface area contributed by atoms with Crippen LogP contribution in [-0.2, 0) is 13.6 Å². The van der Waals surface area contributed by atoms with E-state index in [1.165, 1.54) is 0 Å². The Morgan fingerprint density at radius 2 is 2.00 bits per heavy atom. The molecule has 0 bridgehead atoms. The second-order valence-corrected chi connectivity index (χ2v) is 6.74. The van der Waals surface area contributed by atoms with Crippen molar-refractivity contribution in [3.8, 4) is 0 Å². The molecule has 0 aliphatic carbocycles. The van der Waals surface area contributed by atoms with Crippen molar-refractivity contribution in [3.05, 3.63) is 41.7 Å². The molecule has 4 rings (SSSR count). The van der Waals surface area contributed by atoms with E-state index in [1.807, 2.05) is 12.1 Å². The highest BCUT2D eigenvalue weighted by molar-refractivity contribution is 5.96. The van der Waals surface area contributed by atoms with Gasteiger partial charge in [-0.2, -0.15) is 0 Å². The standard InChI is InChI=1S/C18H22N8O/c1-24-6-8-26(9-7-24)16-13(4-3-5-19-16)11-21-18(27)14-10-15-17(20-12-14)25(2)23-22-15/h3-5,10,12H,6-9,11H2,1-2H3,(H,21,27). The molecule has 1 fully saturated rings. The highest BCUT2D eigenvalue weighted by Crippen LogP contribution is 2.19. The first-order chi connectivity index (χ1) is 13.1. The van der Waals surface area contributed by atoms with Crippen LogP contribution in [0.1, 0.15) is 15.9 Å². The van der Waals surface area contributed by atoms with Crippen molar-refractivity contribution in [2.75, 3.05) is 38.1 Å². The third kappa shape index (κ3) is 3.59. The number of carbonyl (C=O) groups excluding carboxylic acids is 1. The smallest absolute Gasteiger partial charge is 0.253 e. The number of carbonyl (C=O) groups is 1. The summed E-state index contributed by atoms with van der Waals surface area (Å²) in [5, 5.41) is 10.9. The summed E-state index contributed by atoms with van der Waals surface area (Å²) in [6, 6.07) is 5.61. The summed E-state index contributed by atoms with van der Waals surface area (Å²) in [4.78, 5) is 25.9. The maximum atomic E-state index is 12.6. The zero-order valence-electron chi connectivity index (χ0n) is 15.5. The zero-order valence-corrected chi connectivity index (χ0v) is 15.5. The van der Waals surface area contributed by atoms with E-state index in [9.17, 15) is 4.79 Å². The summed E-state index contributed by atoms with van der Waals surface area (Å²) in [5.41, 5.74) is 2.72. The number of amides is 1. The van der Waals surface area contributed by atoms with Crippen molar-refractivity contribution in [3.63, 3.8) is 0 Å². The number of nitrogens with one attached hydrogen (secondary N) is 1. The van der Waals surface area contributed by atoms with E-state index >= 15 is 0 Å². The SMILES string of the molecule is CN1CCN(c2ncccc2CNC(=O)c2cnc3c(c2)nnn3C)CC1. The Labute approximate surface area is 157 Å². The molecule has 1 N–H and O–H groups in total. The maximum Gasteiger partial charge on any atom is 0.253 e. The quantitative estimate of drug-likeness (QED) is 0.716. The largest absolute Gasteiger partial charge is 0.354 e. The third-order valence-corrected chi connectivity index (χ3v) is 4.81. The van der Waals surface area contributed by atoms with Gasteiger partial charge in [0.15, 0.2) is 5.65 Å². The first-order valence-electron chi connectivity index (χ1n) is 8.93. The van der Waals surface area contributed by atoms with Gasteiger partial charge >= 0.3 is 0 Å². The number of hydrogen-bond donors (Lipinski definition) is 1. The highest BCUT2D eigenvalue weighted by Gasteiger charge is 2.18. The number of nitrogens with zero attached hydrogens (tertiary/aromatic N) is 7. The summed E-state index contributed by atoms with van der Waals surface area (Å²) in [6.07, 6.45) is 3.34. The lowest BCUT2D eigenvalue weighted by molar-refractivity contribution is 0.0950. The molecular formula is C18H22N8O. The topological polar surface area (TPSA) is 92.1 Å². The normalized spacial score (nSPS) is 15.3. The predicted molar refractivity (Wildman–Crippen MR) is 101 cm³/mol. The number of anilines is 1. The Bertz CT molecular complexity index is 961. The van der Waals surface area contributed by atoms with Crippen LogP contribution in [0.5, 0.6) is 0 Å². The fourth-order valence-electron chi connectivity index (χ4n) is 3.20. The van der Waals surface area contributed by atoms with Gasteiger partial charge in [0.25, 0.3) is 5.91 Å². The lowest BCUT2D eigenvalue weighted by Crippen LogP contribution is -2.45. The zero-order chi connectivity index (χ0) is 18.8. The molecule has 1 aliphatic heterocycles. The summed E-state index contributed by atoms with van der Waals surface area (Å²) in [6.45, 7) is 4.29. The van der Waals surface area contributed by atoms with E-state index in [0.29, 0.717) is 23.3 Å². The number of hydrogen-bond acceptors (Lipinski definition) is 7. The van der Waals surface area contributed by atoms with Crippen molar-refractivity contribution < 1.29 is 4.79 Å². The van der Waals surface area contributed by atoms with Gasteiger partial charge in [-0.25, -0.2) is 14.6 Å². The van der Waals surface area contributed by atoms with E-state index in [4.69, 9.17) is 0 Å². The van der Waals surface area contributed by atoms with Gasteiger partial charge in [0.05, 0.1) is 5.56 Å². The van der Waals surface area contributed by atoms with E-state index in [0.717, 1.165) is 37.6 Å². The summed E-state index contributed by atoms with van der Waals surface area (Å²) in [5.74, 6) is 0.747. The lowest BCUT2D eigenvalue weighted by Gasteiger charge is -2.34. The minimum Gasteiger partial charge on any atom is -0.354 e. The molecule has 1 saturated heterocycles. The molecule has 0 spiro atoms. The van der Waals surface area contributed by atoms with Crippen molar-refractivity contribution in [2.45, 2.75) is 6.54 Å². The van der Waals surface area contributed by atoms with Crippen LogP contribution in [0.15, 0.2) is 30.6 Å². The van der Waals surface area contributed by atoms with Gasteiger partial charge in [-0.15, -0.1) is 5.10 Å². The molecule has 1 amide bonds. The van der Waals surface area contributed by atoms with Gasteiger partial charge in [0, 0.05) is 57.7 Å². The van der Waals surface area contributed by atoms with Crippen molar-refractivity contribution >= 4 is 22.9 Å². The summed E-state index contributed by atoms with van der Waals surface area (Å²) in [7, 11) is 3.89. The van der Waals surface area contributed by atoms with Crippen molar-refractivity contribution in [2.24, 2.45) is 7.05 Å². The number of pyridine rings is 2. The van der Waals surface area contributed by atoms with Crippen LogP contribution in [0.4, 0.5) is 5.82 Å². The minimum absolute atomic E-state index is 0.191. The monoisotopic (exact) mass is 366 g/mol. The van der Waals surface area contributed by atoms with Crippen molar-refractivity contribution in [1.29, 1.82) is 0 Å². The van der Waals surface area contributed by atoms with Crippen LogP contribution in [0.3, 0.4) is 0 Å². The molecule has 1 aliphatic rings. The number of fused-ring (bicyclic) bond motifs is 1. The summed E-state index contributed by atoms with van der Waals surface area (Å²) < 4.78 is 1.58. The number of aromatic nitrogens is 5. The van der Waals surface area contributed by atoms with Crippen LogP contribution in [0, 0.1) is 0 Å². The van der Waals surface area contributed by atoms with Crippen molar-refractivity contribution in [1.82, 2.24) is 35.2 Å². The molecule has 140 valence electrons. The molecule has 9 heteroatoms. The van der Waals surface area contributed by atoms with Crippen LogP contribution in [0.2, 0.25) is 0 Å². The molecule has 3 aromatic rings. The average Bonchev–Trinajstić information content (AvgIpc) is 3.07. The second kappa shape index (κ2) is 7.28. The van der Waals surface area contributed by atoms with E-state index < -0.39 is 0 Å². The number of aryl methyl sites for hydroxylation is 1. The van der Waals surface area contributed by atoms with E-state index in [-0.39, 0.29) is 5.91 Å². The third-order valence-electron chi connectivity index (χ3n) is 4.81. The Morgan fingerprint density at radius 1 is 1.19 bits per heavy atom. The molecule has 0 radical (unpaired) electrons. The summed E-state index contributed by atoms with van der Waals surface area (Å²) >= 11 is 0. The molecule has 0 aromatic carbocycles. The first-order valence-corrected chi connectivity index (χ1v) is 8.93. The fourth-order valence-corrected chi connectivity index (χ4v) is 3.20. The molecule has 9 nitrogen and oxygen atoms in total. The molecule has 0 atom stereocenters. The van der Waals surface area contributed by atoms with Crippen LogP contribution >= 0.6 is 0 Å². The predicted octanol–water partition coefficient (Wildman–Crippen LogP) is 0.440. The van der Waals surface area contributed by atoms with Gasteiger partial charge in [-0.05, 0) is 19.2 Å². The Kier molecular flexibility index (Phi) is 4.68. The molecule has 27 heavy (non-hydrogen) atoms. The highest BCUT2D eigenvalue weighted by atomic mass is 16.1. The van der Waals surface area contributed by atoms with Crippen LogP contribution in [0.25, 0.3) is 11.2 Å². The average molecular weight is 366 g/mol. The van der Waals surface area contributed by atoms with Gasteiger partial charge in [-0.3, -0.25) is 4.79 Å². The second-order valence-electron chi connectivity index (χ2n) is 6.74. The number of piperazine rings is 1. The Balaban J connectivity index is 1.47. The van der Waals surface area contributed by atoms with Gasteiger partial charge in [0.2, 0.25) is 0 Å². The number of rotatable bonds is 4. The molecule has 0 saturated carbocycles. The molecular weight excluding hydrogens is 344 g/mol. The molecule has 0 unspecified atom stereocenters. The number of likely N-dealkylation sites (N-methyl/N-ethyl adjacent to an activating group) is 1.